The number of nitrogens with zero attached hydrogens (tertiary/aromatic N) is 3. The Morgan fingerprint density at radius 1 is 1.03 bits per heavy atom. The summed E-state index contributed by atoms with van der Waals surface area (Å²) < 4.78 is 2.26. The molecule has 158 valence electrons. The van der Waals surface area contributed by atoms with Crippen molar-refractivity contribution in [2.45, 2.75) is 45.2 Å². The lowest BCUT2D eigenvalue weighted by Crippen LogP contribution is -3.00. The molecule has 2 aromatic carbocycles. The fraction of sp³-hybridized carbons (Fsp3) is 0.304. The quantitative estimate of drug-likeness (QED) is 0.413. The van der Waals surface area contributed by atoms with Gasteiger partial charge in [-0.15, -0.1) is 0 Å². The van der Waals surface area contributed by atoms with Gasteiger partial charge in [0.1, 0.15) is 5.82 Å². The number of anilines is 2. The van der Waals surface area contributed by atoms with E-state index in [0.29, 0.717) is 23.7 Å². The van der Waals surface area contributed by atoms with E-state index in [-0.39, 0.29) is 24.8 Å². The van der Waals surface area contributed by atoms with Crippen molar-refractivity contribution in [2.75, 3.05) is 11.1 Å². The van der Waals surface area contributed by atoms with Crippen LogP contribution in [0.5, 0.6) is 0 Å². The third kappa shape index (κ3) is 4.18. The van der Waals surface area contributed by atoms with E-state index in [9.17, 15) is 0 Å². The summed E-state index contributed by atoms with van der Waals surface area (Å²) in [5.41, 5.74) is 11.0. The zero-order valence-electron chi connectivity index (χ0n) is 17.1. The number of hydrogen-bond donors (Lipinski definition) is 2. The molecule has 2 aromatic heterocycles. The van der Waals surface area contributed by atoms with Gasteiger partial charge in [0, 0.05) is 29.7 Å². The summed E-state index contributed by atoms with van der Waals surface area (Å²) in [5, 5.41) is 5.38. The van der Waals surface area contributed by atoms with Gasteiger partial charge in [-0.25, -0.2) is 4.98 Å². The summed E-state index contributed by atoms with van der Waals surface area (Å²) in [6.45, 7) is 5.27. The highest BCUT2D eigenvalue weighted by molar-refractivity contribution is 6.10. The third-order valence-corrected chi connectivity index (χ3v) is 5.55. The Hall–Kier alpha value is -2.50. The van der Waals surface area contributed by atoms with Gasteiger partial charge in [0.15, 0.2) is 0 Å². The molecular weight excluding hydrogens is 417 g/mol. The van der Waals surface area contributed by atoms with Gasteiger partial charge in [0.2, 0.25) is 5.95 Å². The Kier molecular flexibility index (Phi) is 6.44. The number of hydrogen-bond acceptors (Lipinski definition) is 4. The molecule has 4 aromatic rings. The van der Waals surface area contributed by atoms with Crippen molar-refractivity contribution in [3.63, 3.8) is 0 Å². The summed E-state index contributed by atoms with van der Waals surface area (Å²) in [6.07, 6.45) is 4.49. The Morgan fingerprint density at radius 3 is 2.43 bits per heavy atom. The van der Waals surface area contributed by atoms with Crippen LogP contribution in [-0.4, -0.2) is 20.6 Å². The molecule has 3 N–H and O–H groups in total. The largest absolute Gasteiger partial charge is 1.00 e. The lowest BCUT2D eigenvalue weighted by atomic mass is 10.0. The van der Waals surface area contributed by atoms with Crippen LogP contribution in [0, 0.1) is 0 Å². The number of nitrogens with two attached hydrogens (primary N) is 1. The summed E-state index contributed by atoms with van der Waals surface area (Å²) in [7, 11) is 0. The maximum atomic E-state index is 6.33. The van der Waals surface area contributed by atoms with Gasteiger partial charge in [-0.3, -0.25) is 0 Å². The van der Waals surface area contributed by atoms with Crippen molar-refractivity contribution in [3.8, 4) is 0 Å². The maximum Gasteiger partial charge on any atom is 0.225 e. The Balaban J connectivity index is 0.00000128. The van der Waals surface area contributed by atoms with Gasteiger partial charge in [-0.2, -0.15) is 4.98 Å². The van der Waals surface area contributed by atoms with Gasteiger partial charge in [0.05, 0.1) is 10.9 Å². The lowest BCUT2D eigenvalue weighted by molar-refractivity contribution is -0.00100. The minimum atomic E-state index is 0. The van der Waals surface area contributed by atoms with Gasteiger partial charge < -0.3 is 40.4 Å². The zero-order valence-corrected chi connectivity index (χ0v) is 18.6. The van der Waals surface area contributed by atoms with E-state index in [0.717, 1.165) is 28.4 Å². The highest BCUT2D eigenvalue weighted by atomic mass is 35.5. The topological polar surface area (TPSA) is 68.8 Å². The smallest absolute Gasteiger partial charge is 0.225 e. The second kappa shape index (κ2) is 8.70. The van der Waals surface area contributed by atoms with Crippen LogP contribution in [0.3, 0.4) is 0 Å². The average Bonchev–Trinajstić information content (AvgIpc) is 3.40. The summed E-state index contributed by atoms with van der Waals surface area (Å²) in [5.74, 6) is 1.73. The Bertz CT molecular complexity index is 1160. The van der Waals surface area contributed by atoms with E-state index < -0.39 is 0 Å². The normalized spacial score (nSPS) is 13.3. The number of nitrogen functional groups attached to an aromatic ring is 1. The van der Waals surface area contributed by atoms with E-state index in [1.54, 1.807) is 0 Å². The molecule has 7 heteroatoms. The second-order valence-corrected chi connectivity index (χ2v) is 8.08. The van der Waals surface area contributed by atoms with Gasteiger partial charge in [0.25, 0.3) is 0 Å². The molecular formula is C23H25Cl2N5-2. The minimum absolute atomic E-state index is 0. The third-order valence-electron chi connectivity index (χ3n) is 5.55. The molecule has 5 rings (SSSR count). The minimum Gasteiger partial charge on any atom is -1.00 e. The molecule has 2 heterocycles. The molecule has 0 radical (unpaired) electrons. The molecule has 0 saturated heterocycles. The predicted octanol–water partition coefficient (Wildman–Crippen LogP) is -1.08. The SMILES string of the molecule is CC(C)c1ccc(Cn2ccc3c4c(N)nc(NC5CC5)nc4ccc32)cc1.[Cl-].[Cl-]. The molecule has 1 saturated carbocycles. The predicted molar refractivity (Wildman–Crippen MR) is 116 cm³/mol. The van der Waals surface area contributed by atoms with Crippen LogP contribution in [0.25, 0.3) is 21.8 Å². The van der Waals surface area contributed by atoms with Crippen molar-refractivity contribution in [3.05, 3.63) is 59.8 Å². The fourth-order valence-electron chi connectivity index (χ4n) is 3.75. The van der Waals surface area contributed by atoms with Crippen molar-refractivity contribution >= 4 is 33.6 Å². The van der Waals surface area contributed by atoms with E-state index in [1.807, 2.05) is 6.07 Å². The van der Waals surface area contributed by atoms with Crippen molar-refractivity contribution in [2.24, 2.45) is 0 Å². The maximum absolute atomic E-state index is 6.33. The highest BCUT2D eigenvalue weighted by Crippen LogP contribution is 2.31. The average molecular weight is 442 g/mol. The van der Waals surface area contributed by atoms with Crippen LogP contribution in [0.2, 0.25) is 0 Å². The van der Waals surface area contributed by atoms with Crippen LogP contribution < -0.4 is 35.9 Å². The van der Waals surface area contributed by atoms with Gasteiger partial charge >= 0.3 is 0 Å². The number of fused-ring (bicyclic) bond motifs is 3. The number of rotatable bonds is 5. The van der Waals surface area contributed by atoms with Crippen LogP contribution in [-0.2, 0) is 6.54 Å². The summed E-state index contributed by atoms with van der Waals surface area (Å²) in [6, 6.07) is 15.7. The van der Waals surface area contributed by atoms with Crippen LogP contribution >= 0.6 is 0 Å². The summed E-state index contributed by atoms with van der Waals surface area (Å²) >= 11 is 0. The molecule has 0 spiro atoms. The van der Waals surface area contributed by atoms with Crippen LogP contribution in [0.15, 0.2) is 48.7 Å². The molecule has 30 heavy (non-hydrogen) atoms. The number of aromatic nitrogens is 3. The molecule has 0 bridgehead atoms. The number of halogens is 2. The first-order valence-corrected chi connectivity index (χ1v) is 9.99. The van der Waals surface area contributed by atoms with E-state index >= 15 is 0 Å². The van der Waals surface area contributed by atoms with Gasteiger partial charge in [-0.05, 0) is 48.1 Å². The van der Waals surface area contributed by atoms with Gasteiger partial charge in [-0.1, -0.05) is 38.1 Å². The molecule has 0 aliphatic heterocycles. The molecule has 1 aliphatic rings. The number of nitrogens with one attached hydrogen (secondary N) is 1. The van der Waals surface area contributed by atoms with E-state index in [4.69, 9.17) is 5.73 Å². The molecule has 0 amide bonds. The van der Waals surface area contributed by atoms with Crippen molar-refractivity contribution < 1.29 is 24.8 Å². The standard InChI is InChI=1S/C23H25N5.2ClH/c1-14(2)16-5-3-15(4-6-16)13-28-12-11-18-20(28)10-9-19-21(18)22(24)27-23(26-19)25-17-7-8-17;;/h3-6,9-12,14,17H,7-8,13H2,1-2H3,(H3,24,25,26,27);2*1H/p-2. The highest BCUT2D eigenvalue weighted by Gasteiger charge is 2.22. The molecule has 1 aliphatic carbocycles. The zero-order chi connectivity index (χ0) is 19.3. The van der Waals surface area contributed by atoms with Crippen molar-refractivity contribution in [1.29, 1.82) is 0 Å². The molecule has 0 unspecified atom stereocenters. The second-order valence-electron chi connectivity index (χ2n) is 8.08. The summed E-state index contributed by atoms with van der Waals surface area (Å²) in [4.78, 5) is 9.17. The van der Waals surface area contributed by atoms with E-state index in [1.165, 1.54) is 24.0 Å². The number of benzene rings is 2. The molecule has 5 nitrogen and oxygen atoms in total. The first-order chi connectivity index (χ1) is 13.6. The first kappa shape index (κ1) is 22.2. The van der Waals surface area contributed by atoms with Crippen molar-refractivity contribution in [1.82, 2.24) is 14.5 Å². The Morgan fingerprint density at radius 2 is 1.77 bits per heavy atom. The Labute approximate surface area is 188 Å². The van der Waals surface area contributed by atoms with Crippen LogP contribution in [0.4, 0.5) is 11.8 Å². The lowest BCUT2D eigenvalue weighted by Gasteiger charge is -2.10. The molecule has 1 fully saturated rings. The molecule has 0 atom stereocenters. The first-order valence-electron chi connectivity index (χ1n) is 9.99. The fourth-order valence-corrected chi connectivity index (χ4v) is 3.75. The monoisotopic (exact) mass is 441 g/mol. The van der Waals surface area contributed by atoms with E-state index in [2.05, 4.69) is 76.3 Å². The van der Waals surface area contributed by atoms with Crippen LogP contribution in [0.1, 0.15) is 43.7 Å².